The summed E-state index contributed by atoms with van der Waals surface area (Å²) in [6, 6.07) is 8.71. The topological polar surface area (TPSA) is 57.7 Å². The van der Waals surface area contributed by atoms with Crippen LogP contribution in [0.4, 0.5) is 0 Å². The molecule has 1 heterocycles. The van der Waals surface area contributed by atoms with Crippen LogP contribution in [-0.4, -0.2) is 25.2 Å². The maximum absolute atomic E-state index is 11.5. The van der Waals surface area contributed by atoms with Crippen LogP contribution < -0.4 is 9.47 Å². The van der Waals surface area contributed by atoms with Crippen molar-refractivity contribution in [3.8, 4) is 11.5 Å². The van der Waals surface area contributed by atoms with Gasteiger partial charge in [0.05, 0.1) is 19.8 Å². The van der Waals surface area contributed by atoms with E-state index in [2.05, 4.69) is 9.72 Å². The fraction of sp³-hybridized carbons (Fsp3) is 0.250. The average Bonchev–Trinajstić information content (AvgIpc) is 2.55. The summed E-state index contributed by atoms with van der Waals surface area (Å²) in [7, 11) is 2.87. The third kappa shape index (κ3) is 3.51. The maximum Gasteiger partial charge on any atom is 0.337 e. The number of benzene rings is 1. The van der Waals surface area contributed by atoms with E-state index in [9.17, 15) is 4.79 Å². The highest BCUT2D eigenvalue weighted by molar-refractivity contribution is 5.90. The van der Waals surface area contributed by atoms with E-state index in [4.69, 9.17) is 9.47 Å². The molecule has 0 radical (unpaired) electrons. The van der Waals surface area contributed by atoms with Crippen molar-refractivity contribution in [1.82, 2.24) is 4.98 Å². The molecule has 0 bridgehead atoms. The summed E-state index contributed by atoms with van der Waals surface area (Å²) in [5, 5.41) is 0. The van der Waals surface area contributed by atoms with E-state index in [1.807, 2.05) is 19.1 Å². The third-order valence-electron chi connectivity index (χ3n) is 3.06. The first-order chi connectivity index (χ1) is 10.2. The van der Waals surface area contributed by atoms with Crippen LogP contribution >= 0.6 is 0 Å². The van der Waals surface area contributed by atoms with E-state index in [-0.39, 0.29) is 6.10 Å². The second-order valence-electron chi connectivity index (χ2n) is 4.40. The molecule has 0 aliphatic rings. The Morgan fingerprint density at radius 3 is 2.43 bits per heavy atom. The Kier molecular flexibility index (Phi) is 4.77. The summed E-state index contributed by atoms with van der Waals surface area (Å²) >= 11 is 0. The van der Waals surface area contributed by atoms with Crippen LogP contribution in [0.25, 0.3) is 0 Å². The van der Waals surface area contributed by atoms with Crippen molar-refractivity contribution in [2.24, 2.45) is 0 Å². The van der Waals surface area contributed by atoms with Gasteiger partial charge in [-0.25, -0.2) is 4.79 Å². The fourth-order valence-corrected chi connectivity index (χ4v) is 1.90. The Bertz CT molecular complexity index is 613. The molecule has 21 heavy (non-hydrogen) atoms. The number of hydrogen-bond donors (Lipinski definition) is 0. The number of carbonyl (C=O) groups excluding carboxylic acids is 1. The highest BCUT2D eigenvalue weighted by Gasteiger charge is 2.14. The largest absolute Gasteiger partial charge is 0.493 e. The molecule has 0 saturated carbocycles. The van der Waals surface area contributed by atoms with E-state index in [0.29, 0.717) is 17.1 Å². The zero-order valence-electron chi connectivity index (χ0n) is 12.2. The molecule has 0 N–H and O–H groups in total. The van der Waals surface area contributed by atoms with Gasteiger partial charge in [0.15, 0.2) is 11.5 Å². The monoisotopic (exact) mass is 287 g/mol. The second-order valence-corrected chi connectivity index (χ2v) is 4.40. The number of rotatable bonds is 5. The van der Waals surface area contributed by atoms with Gasteiger partial charge < -0.3 is 14.2 Å². The van der Waals surface area contributed by atoms with Gasteiger partial charge in [0.2, 0.25) is 0 Å². The smallest absolute Gasteiger partial charge is 0.337 e. The van der Waals surface area contributed by atoms with E-state index in [1.54, 1.807) is 30.6 Å². The van der Waals surface area contributed by atoms with Crippen LogP contribution in [0.3, 0.4) is 0 Å². The lowest BCUT2D eigenvalue weighted by Gasteiger charge is -2.17. The number of carbonyl (C=O) groups is 1. The van der Waals surface area contributed by atoms with Gasteiger partial charge in [-0.1, -0.05) is 0 Å². The van der Waals surface area contributed by atoms with Crippen molar-refractivity contribution < 1.29 is 19.0 Å². The number of esters is 1. The summed E-state index contributed by atoms with van der Waals surface area (Å²) in [6.45, 7) is 1.93. The highest BCUT2D eigenvalue weighted by atomic mass is 16.5. The van der Waals surface area contributed by atoms with Gasteiger partial charge in [-0.3, -0.25) is 4.98 Å². The van der Waals surface area contributed by atoms with Crippen molar-refractivity contribution in [2.45, 2.75) is 13.0 Å². The Morgan fingerprint density at radius 1 is 1.10 bits per heavy atom. The van der Waals surface area contributed by atoms with Crippen molar-refractivity contribution in [3.05, 3.63) is 53.9 Å². The molecule has 5 nitrogen and oxygen atoms in total. The molecule has 0 saturated heterocycles. The molecule has 0 amide bonds. The van der Waals surface area contributed by atoms with Crippen LogP contribution in [0.2, 0.25) is 0 Å². The van der Waals surface area contributed by atoms with Crippen LogP contribution in [0.1, 0.15) is 28.9 Å². The molecule has 1 unspecified atom stereocenters. The van der Waals surface area contributed by atoms with E-state index < -0.39 is 5.97 Å². The summed E-state index contributed by atoms with van der Waals surface area (Å²) in [5.74, 6) is 0.635. The standard InChI is InChI=1S/C16H17NO4/c1-11(12-6-8-17-9-7-12)21-14-5-4-13(16(18)20-3)10-15(14)19-2/h4-11H,1-3H3. The maximum atomic E-state index is 11.5. The van der Waals surface area contributed by atoms with Crippen molar-refractivity contribution in [3.63, 3.8) is 0 Å². The van der Waals surface area contributed by atoms with Crippen molar-refractivity contribution in [2.75, 3.05) is 14.2 Å². The number of hydrogen-bond acceptors (Lipinski definition) is 5. The molecule has 1 atom stereocenters. The molecule has 2 aromatic rings. The van der Waals surface area contributed by atoms with Gasteiger partial charge in [-0.15, -0.1) is 0 Å². The molecule has 1 aromatic carbocycles. The zero-order valence-corrected chi connectivity index (χ0v) is 12.2. The molecule has 5 heteroatoms. The fourth-order valence-electron chi connectivity index (χ4n) is 1.90. The number of aromatic nitrogens is 1. The summed E-state index contributed by atoms with van der Waals surface area (Å²) in [5.41, 5.74) is 1.42. The van der Waals surface area contributed by atoms with Gasteiger partial charge in [0.1, 0.15) is 6.10 Å². The minimum atomic E-state index is -0.415. The Morgan fingerprint density at radius 2 is 1.81 bits per heavy atom. The third-order valence-corrected chi connectivity index (χ3v) is 3.06. The molecule has 0 fully saturated rings. The first-order valence-corrected chi connectivity index (χ1v) is 6.48. The number of nitrogens with zero attached hydrogens (tertiary/aromatic N) is 1. The van der Waals surface area contributed by atoms with Crippen LogP contribution in [0, 0.1) is 0 Å². The van der Waals surface area contributed by atoms with Gasteiger partial charge in [-0.2, -0.15) is 0 Å². The highest BCUT2D eigenvalue weighted by Crippen LogP contribution is 2.32. The predicted molar refractivity (Wildman–Crippen MR) is 77.6 cm³/mol. The zero-order chi connectivity index (χ0) is 15.2. The average molecular weight is 287 g/mol. The molecular formula is C16H17NO4. The molecule has 110 valence electrons. The Labute approximate surface area is 123 Å². The van der Waals surface area contributed by atoms with Crippen LogP contribution in [0.15, 0.2) is 42.7 Å². The SMILES string of the molecule is COC(=O)c1ccc(OC(C)c2ccncc2)c(OC)c1. The minimum Gasteiger partial charge on any atom is -0.493 e. The Hall–Kier alpha value is -2.56. The predicted octanol–water partition coefficient (Wildman–Crippen LogP) is 3.02. The lowest BCUT2D eigenvalue weighted by atomic mass is 10.1. The molecule has 1 aromatic heterocycles. The first-order valence-electron chi connectivity index (χ1n) is 6.48. The van der Waals surface area contributed by atoms with Gasteiger partial charge in [0.25, 0.3) is 0 Å². The van der Waals surface area contributed by atoms with Crippen LogP contribution in [-0.2, 0) is 4.74 Å². The molecule has 0 aliphatic carbocycles. The van der Waals surface area contributed by atoms with Crippen molar-refractivity contribution >= 4 is 5.97 Å². The van der Waals surface area contributed by atoms with Gasteiger partial charge in [0, 0.05) is 12.4 Å². The minimum absolute atomic E-state index is 0.161. The number of pyridine rings is 1. The molecular weight excluding hydrogens is 270 g/mol. The summed E-state index contributed by atoms with van der Waals surface area (Å²) in [6.07, 6.45) is 3.27. The molecule has 0 spiro atoms. The quantitative estimate of drug-likeness (QED) is 0.791. The molecule has 2 rings (SSSR count). The van der Waals surface area contributed by atoms with Crippen LogP contribution in [0.5, 0.6) is 11.5 Å². The van der Waals surface area contributed by atoms with Gasteiger partial charge >= 0.3 is 5.97 Å². The summed E-state index contributed by atoms with van der Waals surface area (Å²) < 4.78 is 15.8. The van der Waals surface area contributed by atoms with E-state index in [1.165, 1.54) is 14.2 Å². The Balaban J connectivity index is 2.22. The van der Waals surface area contributed by atoms with E-state index in [0.717, 1.165) is 5.56 Å². The lowest BCUT2D eigenvalue weighted by molar-refractivity contribution is 0.0600. The van der Waals surface area contributed by atoms with Gasteiger partial charge in [-0.05, 0) is 42.8 Å². The number of ether oxygens (including phenoxy) is 3. The first kappa shape index (κ1) is 14.8. The summed E-state index contributed by atoms with van der Waals surface area (Å²) in [4.78, 5) is 15.5. The second kappa shape index (κ2) is 6.74. The van der Waals surface area contributed by atoms with Crippen molar-refractivity contribution in [1.29, 1.82) is 0 Å². The number of methoxy groups -OCH3 is 2. The molecule has 0 aliphatic heterocycles. The normalized spacial score (nSPS) is 11.6. The van der Waals surface area contributed by atoms with E-state index >= 15 is 0 Å². The lowest BCUT2D eigenvalue weighted by Crippen LogP contribution is -2.06.